The van der Waals surface area contributed by atoms with Crippen LogP contribution in [0.4, 0.5) is 5.69 Å². The zero-order valence-corrected chi connectivity index (χ0v) is 12.6. The van der Waals surface area contributed by atoms with Gasteiger partial charge in [0.25, 0.3) is 0 Å². The van der Waals surface area contributed by atoms with E-state index in [1.54, 1.807) is 11.9 Å². The Balaban J connectivity index is 1.81. The summed E-state index contributed by atoms with van der Waals surface area (Å²) in [5.41, 5.74) is 1.59. The van der Waals surface area contributed by atoms with Gasteiger partial charge in [0.1, 0.15) is 11.5 Å². The highest BCUT2D eigenvalue weighted by molar-refractivity contribution is 6.01. The number of hydrogen-bond donors (Lipinski definition) is 1. The van der Waals surface area contributed by atoms with Gasteiger partial charge in [-0.1, -0.05) is 18.2 Å². The molecule has 1 aromatic heterocycles. The molecule has 0 saturated carbocycles. The van der Waals surface area contributed by atoms with Gasteiger partial charge in [-0.05, 0) is 30.7 Å². The van der Waals surface area contributed by atoms with Crippen molar-refractivity contribution in [3.8, 4) is 0 Å². The number of nitrogens with zero attached hydrogens (tertiary/aromatic N) is 1. The number of anilines is 1. The lowest BCUT2D eigenvalue weighted by Crippen LogP contribution is -2.36. The van der Waals surface area contributed by atoms with Gasteiger partial charge in [0.2, 0.25) is 11.8 Å². The SMILES string of the molecule is Cc1ccc(CN(C)C(=O)[C@@H]2CC(=O)Nc3ccccc32)o1. The van der Waals surface area contributed by atoms with Crippen molar-refractivity contribution in [3.05, 3.63) is 53.5 Å². The van der Waals surface area contributed by atoms with Crippen molar-refractivity contribution in [2.24, 2.45) is 0 Å². The quantitative estimate of drug-likeness (QED) is 0.947. The van der Waals surface area contributed by atoms with Gasteiger partial charge in [-0.3, -0.25) is 9.59 Å². The minimum absolute atomic E-state index is 0.0728. The maximum atomic E-state index is 12.7. The number of aryl methyl sites for hydroxylation is 1. The summed E-state index contributed by atoms with van der Waals surface area (Å²) in [6.45, 7) is 2.26. The van der Waals surface area contributed by atoms with Gasteiger partial charge in [-0.2, -0.15) is 0 Å². The van der Waals surface area contributed by atoms with Gasteiger partial charge in [0.15, 0.2) is 0 Å². The fourth-order valence-corrected chi connectivity index (χ4v) is 2.78. The normalized spacial score (nSPS) is 16.8. The van der Waals surface area contributed by atoms with Crippen LogP contribution in [-0.2, 0) is 16.1 Å². The zero-order chi connectivity index (χ0) is 15.7. The maximum absolute atomic E-state index is 12.7. The van der Waals surface area contributed by atoms with Crippen molar-refractivity contribution < 1.29 is 14.0 Å². The van der Waals surface area contributed by atoms with Crippen LogP contribution < -0.4 is 5.32 Å². The van der Waals surface area contributed by atoms with Crippen LogP contribution in [0.3, 0.4) is 0 Å². The summed E-state index contributed by atoms with van der Waals surface area (Å²) >= 11 is 0. The molecule has 0 bridgehead atoms. The number of fused-ring (bicyclic) bond motifs is 1. The zero-order valence-electron chi connectivity index (χ0n) is 12.6. The lowest BCUT2D eigenvalue weighted by atomic mass is 9.89. The molecule has 1 atom stereocenters. The van der Waals surface area contributed by atoms with Gasteiger partial charge < -0.3 is 14.6 Å². The Kier molecular flexibility index (Phi) is 3.71. The second kappa shape index (κ2) is 5.67. The van der Waals surface area contributed by atoms with E-state index in [-0.39, 0.29) is 18.2 Å². The van der Waals surface area contributed by atoms with Crippen LogP contribution in [0.15, 0.2) is 40.8 Å². The summed E-state index contributed by atoms with van der Waals surface area (Å²) in [5.74, 6) is 0.918. The highest BCUT2D eigenvalue weighted by Gasteiger charge is 2.32. The molecular weight excluding hydrogens is 280 g/mol. The average molecular weight is 298 g/mol. The van der Waals surface area contributed by atoms with Gasteiger partial charge in [-0.15, -0.1) is 0 Å². The van der Waals surface area contributed by atoms with E-state index in [0.717, 1.165) is 22.8 Å². The van der Waals surface area contributed by atoms with Crippen molar-refractivity contribution in [2.75, 3.05) is 12.4 Å². The molecule has 0 saturated heterocycles. The number of likely N-dealkylation sites (N-methyl/N-ethyl adjacent to an activating group) is 1. The van der Waals surface area contributed by atoms with Crippen LogP contribution in [0.5, 0.6) is 0 Å². The number of furan rings is 1. The third-order valence-corrected chi connectivity index (χ3v) is 3.86. The molecule has 5 nitrogen and oxygen atoms in total. The number of carbonyl (C=O) groups excluding carboxylic acids is 2. The molecular formula is C17H18N2O3. The number of amides is 2. The molecule has 2 aromatic rings. The smallest absolute Gasteiger partial charge is 0.230 e. The molecule has 1 aliphatic heterocycles. The van der Waals surface area contributed by atoms with E-state index in [1.165, 1.54) is 0 Å². The van der Waals surface area contributed by atoms with Crippen LogP contribution in [-0.4, -0.2) is 23.8 Å². The fraction of sp³-hybridized carbons (Fsp3) is 0.294. The van der Waals surface area contributed by atoms with Crippen molar-refractivity contribution in [2.45, 2.75) is 25.8 Å². The lowest BCUT2D eigenvalue weighted by Gasteiger charge is -2.28. The van der Waals surface area contributed by atoms with E-state index in [1.807, 2.05) is 43.3 Å². The molecule has 0 spiro atoms. The number of benzene rings is 1. The summed E-state index contributed by atoms with van der Waals surface area (Å²) in [7, 11) is 1.73. The minimum Gasteiger partial charge on any atom is -0.464 e. The summed E-state index contributed by atoms with van der Waals surface area (Å²) in [5, 5.41) is 2.81. The van der Waals surface area contributed by atoms with Crippen LogP contribution in [0.2, 0.25) is 0 Å². The average Bonchev–Trinajstić information content (AvgIpc) is 2.90. The highest BCUT2D eigenvalue weighted by Crippen LogP contribution is 2.33. The van der Waals surface area contributed by atoms with E-state index in [9.17, 15) is 9.59 Å². The predicted molar refractivity (Wildman–Crippen MR) is 82.3 cm³/mol. The Hall–Kier alpha value is -2.56. The lowest BCUT2D eigenvalue weighted by molar-refractivity contribution is -0.134. The van der Waals surface area contributed by atoms with E-state index in [4.69, 9.17) is 4.42 Å². The van der Waals surface area contributed by atoms with Gasteiger partial charge in [0.05, 0.1) is 12.5 Å². The first-order chi connectivity index (χ1) is 10.5. The predicted octanol–water partition coefficient (Wildman–Crippen LogP) is 2.67. The molecule has 22 heavy (non-hydrogen) atoms. The Bertz CT molecular complexity index is 720. The minimum atomic E-state index is -0.439. The molecule has 0 fully saturated rings. The van der Waals surface area contributed by atoms with Crippen LogP contribution in [0, 0.1) is 6.92 Å². The molecule has 2 heterocycles. The molecule has 1 N–H and O–H groups in total. The largest absolute Gasteiger partial charge is 0.464 e. The molecule has 0 unspecified atom stereocenters. The second-order valence-electron chi connectivity index (χ2n) is 5.60. The van der Waals surface area contributed by atoms with Crippen LogP contribution in [0.25, 0.3) is 0 Å². The van der Waals surface area contributed by atoms with Crippen molar-refractivity contribution >= 4 is 17.5 Å². The standard InChI is InChI=1S/C17H18N2O3/c1-11-7-8-12(22-11)10-19(2)17(21)14-9-16(20)18-15-6-4-3-5-13(14)15/h3-8,14H,9-10H2,1-2H3,(H,18,20)/t14-/m1/s1. The van der Waals surface area contributed by atoms with Crippen LogP contribution in [0.1, 0.15) is 29.4 Å². The number of nitrogens with one attached hydrogen (secondary N) is 1. The van der Waals surface area contributed by atoms with E-state index >= 15 is 0 Å². The number of para-hydroxylation sites is 1. The van der Waals surface area contributed by atoms with E-state index < -0.39 is 5.92 Å². The number of rotatable bonds is 3. The molecule has 1 aromatic carbocycles. The first-order valence-corrected chi connectivity index (χ1v) is 7.23. The van der Waals surface area contributed by atoms with Gasteiger partial charge >= 0.3 is 0 Å². The van der Waals surface area contributed by atoms with Crippen LogP contribution >= 0.6 is 0 Å². The first-order valence-electron chi connectivity index (χ1n) is 7.23. The summed E-state index contributed by atoms with van der Waals surface area (Å²) in [4.78, 5) is 26.2. The monoisotopic (exact) mass is 298 g/mol. The third-order valence-electron chi connectivity index (χ3n) is 3.86. The Morgan fingerprint density at radius 3 is 2.82 bits per heavy atom. The first kappa shape index (κ1) is 14.4. The van der Waals surface area contributed by atoms with Gasteiger partial charge in [0, 0.05) is 19.2 Å². The second-order valence-corrected chi connectivity index (χ2v) is 5.60. The number of carbonyl (C=O) groups is 2. The Morgan fingerprint density at radius 2 is 2.09 bits per heavy atom. The highest BCUT2D eigenvalue weighted by atomic mass is 16.3. The Morgan fingerprint density at radius 1 is 1.32 bits per heavy atom. The maximum Gasteiger partial charge on any atom is 0.230 e. The third kappa shape index (κ3) is 2.74. The topological polar surface area (TPSA) is 62.6 Å². The van der Waals surface area contributed by atoms with Crippen molar-refractivity contribution in [3.63, 3.8) is 0 Å². The van der Waals surface area contributed by atoms with Crippen molar-refractivity contribution in [1.29, 1.82) is 0 Å². The molecule has 2 amide bonds. The summed E-state index contributed by atoms with van der Waals surface area (Å²) < 4.78 is 5.51. The van der Waals surface area contributed by atoms with Gasteiger partial charge in [-0.25, -0.2) is 0 Å². The molecule has 5 heteroatoms. The molecule has 114 valence electrons. The van der Waals surface area contributed by atoms with Crippen molar-refractivity contribution in [1.82, 2.24) is 4.90 Å². The van der Waals surface area contributed by atoms with E-state index in [0.29, 0.717) is 6.54 Å². The Labute approximate surface area is 128 Å². The number of hydrogen-bond acceptors (Lipinski definition) is 3. The van der Waals surface area contributed by atoms with E-state index in [2.05, 4.69) is 5.32 Å². The molecule has 3 rings (SSSR count). The molecule has 0 aliphatic carbocycles. The molecule has 0 radical (unpaired) electrons. The molecule has 1 aliphatic rings. The summed E-state index contributed by atoms with van der Waals surface area (Å²) in [6.07, 6.45) is 0.178. The fourth-order valence-electron chi connectivity index (χ4n) is 2.78. The summed E-state index contributed by atoms with van der Waals surface area (Å²) in [6, 6.07) is 11.2.